The third-order valence-electron chi connectivity index (χ3n) is 2.42. The maximum Gasteiger partial charge on any atom is 0.275 e. The molecule has 0 saturated carbocycles. The monoisotopic (exact) mass is 263 g/mol. The molecule has 0 unspecified atom stereocenters. The molecule has 2 aromatic rings. The van der Waals surface area contributed by atoms with E-state index in [-0.39, 0.29) is 11.3 Å². The highest BCUT2D eigenvalue weighted by Gasteiger charge is 2.10. The number of nitrogens with zero attached hydrogens (tertiary/aromatic N) is 1. The van der Waals surface area contributed by atoms with Gasteiger partial charge >= 0.3 is 0 Å². The molecule has 18 heavy (non-hydrogen) atoms. The highest BCUT2D eigenvalue weighted by Crippen LogP contribution is 2.23. The molecule has 0 radical (unpaired) electrons. The number of anilines is 1. The van der Waals surface area contributed by atoms with Gasteiger partial charge in [0.2, 0.25) is 0 Å². The van der Waals surface area contributed by atoms with Crippen molar-refractivity contribution in [3.63, 3.8) is 0 Å². The molecule has 1 aromatic heterocycles. The van der Waals surface area contributed by atoms with Crippen molar-refractivity contribution in [1.29, 1.82) is 0 Å². The van der Waals surface area contributed by atoms with Crippen LogP contribution >= 0.6 is 11.6 Å². The molecule has 1 amide bonds. The SMILES string of the molecule is Cc1c(Cl)cccc1NC(=O)c1c[nH]c(=O)cn1. The molecule has 5 nitrogen and oxygen atoms in total. The highest BCUT2D eigenvalue weighted by molar-refractivity contribution is 6.31. The van der Waals surface area contributed by atoms with E-state index < -0.39 is 5.91 Å². The number of hydrogen-bond donors (Lipinski definition) is 2. The van der Waals surface area contributed by atoms with Crippen LogP contribution in [0.5, 0.6) is 0 Å². The van der Waals surface area contributed by atoms with Gasteiger partial charge in [0.1, 0.15) is 5.69 Å². The molecule has 1 aromatic carbocycles. The first kappa shape index (κ1) is 12.3. The molecule has 0 aliphatic heterocycles. The summed E-state index contributed by atoms with van der Waals surface area (Å²) in [6, 6.07) is 5.22. The number of benzene rings is 1. The number of rotatable bonds is 2. The number of halogens is 1. The van der Waals surface area contributed by atoms with Crippen LogP contribution in [0.2, 0.25) is 5.02 Å². The van der Waals surface area contributed by atoms with Crippen LogP contribution in [-0.4, -0.2) is 15.9 Å². The lowest BCUT2D eigenvalue weighted by atomic mass is 10.2. The zero-order valence-corrected chi connectivity index (χ0v) is 10.3. The number of H-pyrrole nitrogens is 1. The summed E-state index contributed by atoms with van der Waals surface area (Å²) in [6.45, 7) is 1.80. The van der Waals surface area contributed by atoms with E-state index in [0.29, 0.717) is 10.7 Å². The van der Waals surface area contributed by atoms with E-state index in [0.717, 1.165) is 11.8 Å². The fourth-order valence-electron chi connectivity index (χ4n) is 1.40. The van der Waals surface area contributed by atoms with Gasteiger partial charge in [-0.25, -0.2) is 4.98 Å². The number of aromatic nitrogens is 2. The predicted molar refractivity (Wildman–Crippen MR) is 69.0 cm³/mol. The summed E-state index contributed by atoms with van der Waals surface area (Å²) in [5.41, 5.74) is 1.16. The van der Waals surface area contributed by atoms with Crippen LogP contribution in [0.3, 0.4) is 0 Å². The average Bonchev–Trinajstić information content (AvgIpc) is 2.36. The van der Waals surface area contributed by atoms with Gasteiger partial charge in [-0.1, -0.05) is 17.7 Å². The minimum absolute atomic E-state index is 0.133. The van der Waals surface area contributed by atoms with Crippen molar-refractivity contribution in [2.45, 2.75) is 6.92 Å². The molecular formula is C12H10ClN3O2. The predicted octanol–water partition coefficient (Wildman–Crippen LogP) is 1.98. The molecule has 0 spiro atoms. The number of amides is 1. The van der Waals surface area contributed by atoms with Crippen LogP contribution in [0.15, 0.2) is 35.4 Å². The lowest BCUT2D eigenvalue weighted by molar-refractivity contribution is 0.102. The summed E-state index contributed by atoms with van der Waals surface area (Å²) < 4.78 is 0. The normalized spacial score (nSPS) is 10.1. The van der Waals surface area contributed by atoms with Crippen LogP contribution in [0.4, 0.5) is 5.69 Å². The zero-order valence-electron chi connectivity index (χ0n) is 9.53. The van der Waals surface area contributed by atoms with Crippen molar-refractivity contribution in [2.75, 3.05) is 5.32 Å². The van der Waals surface area contributed by atoms with Crippen molar-refractivity contribution >= 4 is 23.2 Å². The first-order valence-corrected chi connectivity index (χ1v) is 5.57. The van der Waals surface area contributed by atoms with Crippen molar-refractivity contribution in [2.24, 2.45) is 0 Å². The van der Waals surface area contributed by atoms with Crippen LogP contribution in [0.25, 0.3) is 0 Å². The van der Waals surface area contributed by atoms with Crippen molar-refractivity contribution in [3.05, 3.63) is 57.2 Å². The molecule has 0 bridgehead atoms. The summed E-state index contributed by atoms with van der Waals surface area (Å²) in [7, 11) is 0. The summed E-state index contributed by atoms with van der Waals surface area (Å²) >= 11 is 5.95. The number of carbonyl (C=O) groups excluding carboxylic acids is 1. The van der Waals surface area contributed by atoms with E-state index in [1.807, 2.05) is 0 Å². The molecule has 0 aliphatic carbocycles. The number of nitrogens with one attached hydrogen (secondary N) is 2. The molecule has 92 valence electrons. The Hall–Kier alpha value is -2.14. The van der Waals surface area contributed by atoms with Gasteiger partial charge in [0.25, 0.3) is 11.5 Å². The maximum absolute atomic E-state index is 11.9. The van der Waals surface area contributed by atoms with E-state index in [2.05, 4.69) is 15.3 Å². The quantitative estimate of drug-likeness (QED) is 0.870. The van der Waals surface area contributed by atoms with Gasteiger partial charge in [0.15, 0.2) is 0 Å². The second-order valence-electron chi connectivity index (χ2n) is 3.66. The third kappa shape index (κ3) is 2.57. The summed E-state index contributed by atoms with van der Waals surface area (Å²) in [5.74, 6) is -0.406. The lowest BCUT2D eigenvalue weighted by Crippen LogP contribution is -2.17. The van der Waals surface area contributed by atoms with Crippen LogP contribution < -0.4 is 10.9 Å². The van der Waals surface area contributed by atoms with E-state index in [1.165, 1.54) is 6.20 Å². The molecule has 0 aliphatic rings. The van der Waals surface area contributed by atoms with Gasteiger partial charge in [-0.15, -0.1) is 0 Å². The second kappa shape index (κ2) is 5.01. The Morgan fingerprint density at radius 1 is 1.44 bits per heavy atom. The topological polar surface area (TPSA) is 74.8 Å². The Bertz CT molecular complexity index is 632. The standard InChI is InChI=1S/C12H10ClN3O2/c1-7-8(13)3-2-4-9(7)16-12(18)10-5-15-11(17)6-14-10/h2-6H,1H3,(H,15,17)(H,16,18). The van der Waals surface area contributed by atoms with Crippen LogP contribution in [-0.2, 0) is 0 Å². The number of carbonyl (C=O) groups is 1. The Balaban J connectivity index is 2.24. The number of aromatic amines is 1. The molecule has 2 rings (SSSR count). The molecule has 0 saturated heterocycles. The number of hydrogen-bond acceptors (Lipinski definition) is 3. The van der Waals surface area contributed by atoms with Crippen LogP contribution in [0.1, 0.15) is 16.1 Å². The smallest absolute Gasteiger partial charge is 0.275 e. The maximum atomic E-state index is 11.9. The van der Waals surface area contributed by atoms with E-state index >= 15 is 0 Å². The lowest BCUT2D eigenvalue weighted by Gasteiger charge is -2.08. The Labute approximate surface area is 108 Å². The minimum atomic E-state index is -0.406. The van der Waals surface area contributed by atoms with E-state index in [1.54, 1.807) is 25.1 Å². The first-order chi connectivity index (χ1) is 8.58. The molecule has 6 heteroatoms. The summed E-state index contributed by atoms with van der Waals surface area (Å²) in [4.78, 5) is 28.8. The summed E-state index contributed by atoms with van der Waals surface area (Å²) in [5, 5.41) is 3.25. The minimum Gasteiger partial charge on any atom is -0.325 e. The Kier molecular flexibility index (Phi) is 3.43. The van der Waals surface area contributed by atoms with Gasteiger partial charge < -0.3 is 10.3 Å². The Morgan fingerprint density at radius 3 is 2.89 bits per heavy atom. The highest BCUT2D eigenvalue weighted by atomic mass is 35.5. The molecule has 2 N–H and O–H groups in total. The molecular weight excluding hydrogens is 254 g/mol. The van der Waals surface area contributed by atoms with Crippen LogP contribution in [0, 0.1) is 6.92 Å². The van der Waals surface area contributed by atoms with Crippen molar-refractivity contribution in [1.82, 2.24) is 9.97 Å². The Morgan fingerprint density at radius 2 is 2.22 bits per heavy atom. The van der Waals surface area contributed by atoms with Gasteiger partial charge in [0.05, 0.1) is 6.20 Å². The van der Waals surface area contributed by atoms with E-state index in [9.17, 15) is 9.59 Å². The average molecular weight is 264 g/mol. The third-order valence-corrected chi connectivity index (χ3v) is 2.83. The van der Waals surface area contributed by atoms with Crippen molar-refractivity contribution in [3.8, 4) is 0 Å². The van der Waals surface area contributed by atoms with Crippen molar-refractivity contribution < 1.29 is 4.79 Å². The van der Waals surface area contributed by atoms with Gasteiger partial charge in [-0.05, 0) is 24.6 Å². The fraction of sp³-hybridized carbons (Fsp3) is 0.0833. The van der Waals surface area contributed by atoms with E-state index in [4.69, 9.17) is 11.6 Å². The first-order valence-electron chi connectivity index (χ1n) is 5.19. The second-order valence-corrected chi connectivity index (χ2v) is 4.07. The largest absolute Gasteiger partial charge is 0.325 e. The molecule has 1 heterocycles. The van der Waals surface area contributed by atoms with Gasteiger partial charge in [0, 0.05) is 16.9 Å². The fourth-order valence-corrected chi connectivity index (χ4v) is 1.57. The van der Waals surface area contributed by atoms with Gasteiger partial charge in [-0.2, -0.15) is 0 Å². The zero-order chi connectivity index (χ0) is 13.1. The van der Waals surface area contributed by atoms with Gasteiger partial charge in [-0.3, -0.25) is 9.59 Å². The molecule has 0 atom stereocenters. The summed E-state index contributed by atoms with van der Waals surface area (Å²) in [6.07, 6.45) is 2.32. The molecule has 0 fully saturated rings.